The Morgan fingerprint density at radius 1 is 0.806 bits per heavy atom. The third kappa shape index (κ3) is 6.82. The zero-order valence-corrected chi connectivity index (χ0v) is 18.4. The lowest BCUT2D eigenvalue weighted by Gasteiger charge is -2.23. The van der Waals surface area contributed by atoms with Gasteiger partial charge in [-0.2, -0.15) is 0 Å². The quantitative estimate of drug-likeness (QED) is 0.540. The fourth-order valence-electron chi connectivity index (χ4n) is 3.47. The second-order valence-corrected chi connectivity index (χ2v) is 8.95. The Hall–Kier alpha value is -3.40. The zero-order valence-electron chi connectivity index (χ0n) is 18.4. The first kappa shape index (κ1) is 22.3. The number of nitrogens with one attached hydrogen (secondary N) is 2. The molecule has 0 bridgehead atoms. The van der Waals surface area contributed by atoms with Crippen LogP contribution in [0.3, 0.4) is 0 Å². The van der Waals surface area contributed by atoms with Crippen LogP contribution < -0.4 is 10.6 Å². The van der Waals surface area contributed by atoms with Gasteiger partial charge in [0, 0.05) is 24.1 Å². The summed E-state index contributed by atoms with van der Waals surface area (Å²) in [6.07, 6.45) is 0.780. The molecule has 0 spiro atoms. The second kappa shape index (κ2) is 10.1. The maximum Gasteiger partial charge on any atom is 0.247 e. The molecule has 0 aliphatic rings. The van der Waals surface area contributed by atoms with Crippen LogP contribution in [0, 0.1) is 5.41 Å². The fraction of sp³-hybridized carbons (Fsp3) is 0.259. The average molecular weight is 415 g/mol. The summed E-state index contributed by atoms with van der Waals surface area (Å²) in [6.45, 7) is 6.03. The van der Waals surface area contributed by atoms with Gasteiger partial charge in [0.15, 0.2) is 0 Å². The van der Waals surface area contributed by atoms with Gasteiger partial charge in [-0.25, -0.2) is 0 Å². The summed E-state index contributed by atoms with van der Waals surface area (Å²) >= 11 is 0. The van der Waals surface area contributed by atoms with E-state index in [1.165, 1.54) is 0 Å². The third-order valence-corrected chi connectivity index (χ3v) is 4.89. The predicted octanol–water partition coefficient (Wildman–Crippen LogP) is 5.46. The molecule has 1 atom stereocenters. The normalized spacial score (nSPS) is 12.1. The van der Waals surface area contributed by atoms with Gasteiger partial charge in [-0.1, -0.05) is 99.6 Å². The molecule has 3 aromatic rings. The van der Waals surface area contributed by atoms with E-state index in [9.17, 15) is 9.59 Å². The highest BCUT2D eigenvalue weighted by molar-refractivity contribution is 6.00. The molecule has 4 heteroatoms. The minimum absolute atomic E-state index is 0.125. The maximum absolute atomic E-state index is 13.3. The van der Waals surface area contributed by atoms with Crippen LogP contribution in [0.25, 0.3) is 11.1 Å². The molecule has 0 aromatic heterocycles. The van der Waals surface area contributed by atoms with Crippen molar-refractivity contribution in [3.8, 4) is 11.1 Å². The number of rotatable bonds is 7. The van der Waals surface area contributed by atoms with Gasteiger partial charge in [-0.05, 0) is 22.6 Å². The van der Waals surface area contributed by atoms with Crippen LogP contribution in [0.15, 0.2) is 84.9 Å². The van der Waals surface area contributed by atoms with Crippen LogP contribution in [0.2, 0.25) is 0 Å². The SMILES string of the molecule is CC(C)(C)CC(=O)NC(Cc1ccccc1)C(=O)Nc1ccccc1-c1ccccc1. The second-order valence-electron chi connectivity index (χ2n) is 8.95. The van der Waals surface area contributed by atoms with E-state index in [0.717, 1.165) is 22.4 Å². The Labute approximate surface area is 184 Å². The Morgan fingerprint density at radius 3 is 2.03 bits per heavy atom. The van der Waals surface area contributed by atoms with Crippen molar-refractivity contribution in [1.82, 2.24) is 5.32 Å². The molecule has 4 nitrogen and oxygen atoms in total. The minimum Gasteiger partial charge on any atom is -0.344 e. The van der Waals surface area contributed by atoms with E-state index in [-0.39, 0.29) is 17.2 Å². The largest absolute Gasteiger partial charge is 0.344 e. The van der Waals surface area contributed by atoms with Crippen LogP contribution in [0.4, 0.5) is 5.69 Å². The van der Waals surface area contributed by atoms with Gasteiger partial charge in [0.25, 0.3) is 0 Å². The molecule has 0 heterocycles. The molecule has 31 heavy (non-hydrogen) atoms. The van der Waals surface area contributed by atoms with Crippen molar-refractivity contribution in [2.24, 2.45) is 5.41 Å². The summed E-state index contributed by atoms with van der Waals surface area (Å²) < 4.78 is 0. The summed E-state index contributed by atoms with van der Waals surface area (Å²) in [6, 6.07) is 26.7. The number of benzene rings is 3. The molecule has 3 aromatic carbocycles. The molecule has 3 rings (SSSR count). The summed E-state index contributed by atoms with van der Waals surface area (Å²) in [5.74, 6) is -0.352. The van der Waals surface area contributed by atoms with Crippen LogP contribution >= 0.6 is 0 Å². The van der Waals surface area contributed by atoms with E-state index in [1.807, 2.05) is 106 Å². The monoisotopic (exact) mass is 414 g/mol. The van der Waals surface area contributed by atoms with E-state index < -0.39 is 6.04 Å². The highest BCUT2D eigenvalue weighted by Gasteiger charge is 2.24. The number of amides is 2. The van der Waals surface area contributed by atoms with Crippen LogP contribution in [0.1, 0.15) is 32.8 Å². The Bertz CT molecular complexity index is 1010. The van der Waals surface area contributed by atoms with Gasteiger partial charge in [0.2, 0.25) is 11.8 Å². The van der Waals surface area contributed by atoms with Gasteiger partial charge in [-0.15, -0.1) is 0 Å². The molecule has 0 aliphatic heterocycles. The average Bonchev–Trinajstić information content (AvgIpc) is 2.74. The lowest BCUT2D eigenvalue weighted by atomic mass is 9.91. The van der Waals surface area contributed by atoms with Crippen molar-refractivity contribution >= 4 is 17.5 Å². The van der Waals surface area contributed by atoms with Crippen LogP contribution in [-0.4, -0.2) is 17.9 Å². The van der Waals surface area contributed by atoms with Gasteiger partial charge in [-0.3, -0.25) is 9.59 Å². The topological polar surface area (TPSA) is 58.2 Å². The lowest BCUT2D eigenvalue weighted by molar-refractivity contribution is -0.127. The van der Waals surface area contributed by atoms with Gasteiger partial charge in [0.1, 0.15) is 6.04 Å². The number of anilines is 1. The number of carbonyl (C=O) groups excluding carboxylic acids is 2. The van der Waals surface area contributed by atoms with E-state index in [4.69, 9.17) is 0 Å². The van der Waals surface area contributed by atoms with Crippen molar-refractivity contribution in [3.05, 3.63) is 90.5 Å². The highest BCUT2D eigenvalue weighted by atomic mass is 16.2. The first-order chi connectivity index (χ1) is 14.8. The van der Waals surface area contributed by atoms with Crippen molar-refractivity contribution < 1.29 is 9.59 Å². The van der Waals surface area contributed by atoms with Crippen molar-refractivity contribution in [2.45, 2.75) is 39.7 Å². The number of para-hydroxylation sites is 1. The number of carbonyl (C=O) groups is 2. The molecule has 0 aliphatic carbocycles. The van der Waals surface area contributed by atoms with Crippen molar-refractivity contribution in [2.75, 3.05) is 5.32 Å². The summed E-state index contributed by atoms with van der Waals surface area (Å²) in [4.78, 5) is 25.9. The molecule has 0 saturated carbocycles. The zero-order chi connectivity index (χ0) is 22.3. The Morgan fingerprint density at radius 2 is 1.39 bits per heavy atom. The first-order valence-corrected chi connectivity index (χ1v) is 10.6. The van der Waals surface area contributed by atoms with E-state index >= 15 is 0 Å². The molecule has 2 N–H and O–H groups in total. The van der Waals surface area contributed by atoms with Gasteiger partial charge in [0.05, 0.1) is 0 Å². The molecule has 160 valence electrons. The van der Waals surface area contributed by atoms with E-state index in [0.29, 0.717) is 12.8 Å². The van der Waals surface area contributed by atoms with E-state index in [1.54, 1.807) is 0 Å². The summed E-state index contributed by atoms with van der Waals surface area (Å²) in [5.41, 5.74) is 3.53. The molecule has 1 unspecified atom stereocenters. The smallest absolute Gasteiger partial charge is 0.247 e. The van der Waals surface area contributed by atoms with E-state index in [2.05, 4.69) is 10.6 Å². The molecule has 0 fully saturated rings. The van der Waals surface area contributed by atoms with Crippen molar-refractivity contribution in [3.63, 3.8) is 0 Å². The minimum atomic E-state index is -0.666. The lowest BCUT2D eigenvalue weighted by Crippen LogP contribution is -2.46. The standard InChI is InChI=1S/C27H30N2O2/c1-27(2,3)19-25(30)28-24(18-20-12-6-4-7-13-20)26(31)29-23-17-11-10-16-22(23)21-14-8-5-9-15-21/h4-17,24H,18-19H2,1-3H3,(H,28,30)(H,29,31). The highest BCUT2D eigenvalue weighted by Crippen LogP contribution is 2.27. The summed E-state index contributed by atoms with van der Waals surface area (Å²) in [5, 5.41) is 5.99. The number of hydrogen-bond acceptors (Lipinski definition) is 2. The molecule has 0 saturated heterocycles. The van der Waals surface area contributed by atoms with Crippen LogP contribution in [0.5, 0.6) is 0 Å². The molecular formula is C27H30N2O2. The predicted molar refractivity (Wildman–Crippen MR) is 127 cm³/mol. The van der Waals surface area contributed by atoms with Gasteiger partial charge < -0.3 is 10.6 Å². The third-order valence-electron chi connectivity index (χ3n) is 4.89. The first-order valence-electron chi connectivity index (χ1n) is 10.6. The fourth-order valence-corrected chi connectivity index (χ4v) is 3.47. The Balaban J connectivity index is 1.82. The summed E-state index contributed by atoms with van der Waals surface area (Å²) in [7, 11) is 0. The molecule has 0 radical (unpaired) electrons. The molecular weight excluding hydrogens is 384 g/mol. The van der Waals surface area contributed by atoms with Gasteiger partial charge >= 0.3 is 0 Å². The Kier molecular flexibility index (Phi) is 7.24. The number of hydrogen-bond donors (Lipinski definition) is 2. The van der Waals surface area contributed by atoms with Crippen LogP contribution in [-0.2, 0) is 16.0 Å². The van der Waals surface area contributed by atoms with Crippen molar-refractivity contribution in [1.29, 1.82) is 0 Å². The molecule has 2 amide bonds. The maximum atomic E-state index is 13.3.